The summed E-state index contributed by atoms with van der Waals surface area (Å²) in [6.45, 7) is 9.18. The third-order valence-corrected chi connectivity index (χ3v) is 2.13. The van der Waals surface area contributed by atoms with E-state index in [1.54, 1.807) is 11.8 Å². The Bertz CT molecular complexity index is 215. The van der Waals surface area contributed by atoms with Gasteiger partial charge in [-0.3, -0.25) is 4.79 Å². The van der Waals surface area contributed by atoms with Gasteiger partial charge in [0, 0.05) is 19.6 Å². The Morgan fingerprint density at radius 2 is 1.73 bits per heavy atom. The molecule has 1 unspecified atom stereocenters. The van der Waals surface area contributed by atoms with Crippen molar-refractivity contribution >= 4 is 11.9 Å². The molecule has 0 spiro atoms. The van der Waals surface area contributed by atoms with Crippen LogP contribution in [-0.4, -0.2) is 42.5 Å². The average molecular weight is 215 g/mol. The minimum Gasteiger partial charge on any atom is -0.355 e. The number of urea groups is 1. The Labute approximate surface area is 91.2 Å². The summed E-state index contributed by atoms with van der Waals surface area (Å²) in [5.74, 6) is -0.155. The average Bonchev–Trinajstić information content (AvgIpc) is 2.19. The lowest BCUT2D eigenvalue weighted by Crippen LogP contribution is -2.49. The van der Waals surface area contributed by atoms with E-state index in [4.69, 9.17) is 0 Å². The Kier molecular flexibility index (Phi) is 6.49. The molecule has 0 aromatic rings. The van der Waals surface area contributed by atoms with Gasteiger partial charge < -0.3 is 15.5 Å². The molecule has 15 heavy (non-hydrogen) atoms. The molecule has 1 atom stereocenters. The third-order valence-electron chi connectivity index (χ3n) is 2.13. The first-order chi connectivity index (χ1) is 7.06. The van der Waals surface area contributed by atoms with Crippen molar-refractivity contribution in [2.24, 2.45) is 0 Å². The molecule has 0 rings (SSSR count). The highest BCUT2D eigenvalue weighted by Gasteiger charge is 2.17. The minimum atomic E-state index is -0.488. The third kappa shape index (κ3) is 4.67. The van der Waals surface area contributed by atoms with Gasteiger partial charge in [-0.2, -0.15) is 0 Å². The van der Waals surface area contributed by atoms with Gasteiger partial charge in [-0.25, -0.2) is 4.79 Å². The van der Waals surface area contributed by atoms with E-state index in [0.717, 1.165) is 0 Å². The second kappa shape index (κ2) is 7.09. The van der Waals surface area contributed by atoms with Crippen LogP contribution in [0.2, 0.25) is 0 Å². The van der Waals surface area contributed by atoms with Gasteiger partial charge in [0.05, 0.1) is 0 Å². The van der Waals surface area contributed by atoms with Gasteiger partial charge in [0.1, 0.15) is 6.04 Å². The molecule has 0 aliphatic rings. The second-order valence-corrected chi connectivity index (χ2v) is 3.24. The molecule has 0 radical (unpaired) electrons. The van der Waals surface area contributed by atoms with Gasteiger partial charge in [-0.1, -0.05) is 0 Å². The van der Waals surface area contributed by atoms with Crippen LogP contribution in [0.1, 0.15) is 27.7 Å². The number of rotatable bonds is 5. The molecule has 0 aromatic heterocycles. The highest BCUT2D eigenvalue weighted by molar-refractivity contribution is 5.86. The van der Waals surface area contributed by atoms with E-state index in [1.807, 2.05) is 20.8 Å². The van der Waals surface area contributed by atoms with Gasteiger partial charge in [-0.15, -0.1) is 0 Å². The topological polar surface area (TPSA) is 61.4 Å². The normalized spacial score (nSPS) is 11.7. The molecule has 5 nitrogen and oxygen atoms in total. The summed E-state index contributed by atoms with van der Waals surface area (Å²) >= 11 is 0. The van der Waals surface area contributed by atoms with E-state index in [2.05, 4.69) is 10.6 Å². The number of likely N-dealkylation sites (N-methyl/N-ethyl adjacent to an activating group) is 1. The van der Waals surface area contributed by atoms with Crippen LogP contribution >= 0.6 is 0 Å². The van der Waals surface area contributed by atoms with Crippen LogP contribution in [0.5, 0.6) is 0 Å². The van der Waals surface area contributed by atoms with Crippen molar-refractivity contribution in [1.29, 1.82) is 0 Å². The summed E-state index contributed by atoms with van der Waals surface area (Å²) in [5, 5.41) is 5.29. The first kappa shape index (κ1) is 13.7. The van der Waals surface area contributed by atoms with Crippen molar-refractivity contribution < 1.29 is 9.59 Å². The van der Waals surface area contributed by atoms with E-state index in [1.165, 1.54) is 0 Å². The summed E-state index contributed by atoms with van der Waals surface area (Å²) in [7, 11) is 0. The Morgan fingerprint density at radius 1 is 1.20 bits per heavy atom. The van der Waals surface area contributed by atoms with Crippen LogP contribution < -0.4 is 10.6 Å². The number of nitrogens with zero attached hydrogens (tertiary/aromatic N) is 1. The lowest BCUT2D eigenvalue weighted by atomic mass is 10.3. The van der Waals surface area contributed by atoms with Crippen molar-refractivity contribution in [1.82, 2.24) is 15.5 Å². The Morgan fingerprint density at radius 3 is 2.13 bits per heavy atom. The fraction of sp³-hybridized carbons (Fsp3) is 0.800. The molecule has 0 heterocycles. The molecule has 0 saturated heterocycles. The Hall–Kier alpha value is -1.26. The van der Waals surface area contributed by atoms with Crippen LogP contribution in [-0.2, 0) is 4.79 Å². The van der Waals surface area contributed by atoms with E-state index >= 15 is 0 Å². The van der Waals surface area contributed by atoms with Crippen LogP contribution in [0, 0.1) is 0 Å². The molecule has 5 heteroatoms. The highest BCUT2D eigenvalue weighted by Crippen LogP contribution is 1.90. The fourth-order valence-electron chi connectivity index (χ4n) is 1.18. The monoisotopic (exact) mass is 215 g/mol. The predicted octanol–water partition coefficient (Wildman–Crippen LogP) is 0.562. The number of carbonyl (C=O) groups excluding carboxylic acids is 2. The number of nitrogens with one attached hydrogen (secondary N) is 2. The maximum absolute atomic E-state index is 11.6. The highest BCUT2D eigenvalue weighted by atomic mass is 16.2. The molecule has 0 bridgehead atoms. The molecule has 0 saturated carbocycles. The standard InChI is InChI=1S/C10H21N3O2/c1-5-11-9(14)8(4)12-10(15)13(6-2)7-3/h8H,5-7H2,1-4H3,(H,11,14)(H,12,15). The van der Waals surface area contributed by atoms with Crippen LogP contribution in [0.25, 0.3) is 0 Å². The van der Waals surface area contributed by atoms with Crippen molar-refractivity contribution in [2.75, 3.05) is 19.6 Å². The van der Waals surface area contributed by atoms with Crippen LogP contribution in [0.4, 0.5) is 4.79 Å². The zero-order valence-electron chi connectivity index (χ0n) is 9.96. The molecule has 88 valence electrons. The van der Waals surface area contributed by atoms with Crippen molar-refractivity contribution in [3.05, 3.63) is 0 Å². The number of carbonyl (C=O) groups is 2. The largest absolute Gasteiger partial charge is 0.355 e. The van der Waals surface area contributed by atoms with E-state index < -0.39 is 6.04 Å². The minimum absolute atomic E-state index is 0.155. The lowest BCUT2D eigenvalue weighted by Gasteiger charge is -2.21. The summed E-state index contributed by atoms with van der Waals surface area (Å²) in [6, 6.07) is -0.684. The SMILES string of the molecule is CCNC(=O)C(C)NC(=O)N(CC)CC. The molecule has 0 aliphatic heterocycles. The van der Waals surface area contributed by atoms with Gasteiger partial charge in [-0.05, 0) is 27.7 Å². The van der Waals surface area contributed by atoms with Gasteiger partial charge in [0.2, 0.25) is 5.91 Å². The first-order valence-electron chi connectivity index (χ1n) is 5.39. The predicted molar refractivity (Wildman–Crippen MR) is 59.6 cm³/mol. The number of amides is 3. The zero-order chi connectivity index (χ0) is 11.8. The molecular formula is C10H21N3O2. The van der Waals surface area contributed by atoms with Gasteiger partial charge in [0.15, 0.2) is 0 Å². The maximum Gasteiger partial charge on any atom is 0.318 e. The Balaban J connectivity index is 4.10. The van der Waals surface area contributed by atoms with Crippen LogP contribution in [0.15, 0.2) is 0 Å². The molecular weight excluding hydrogens is 194 g/mol. The summed E-state index contributed by atoms with van der Waals surface area (Å²) in [4.78, 5) is 24.5. The molecule has 0 aromatic carbocycles. The van der Waals surface area contributed by atoms with Crippen molar-refractivity contribution in [3.8, 4) is 0 Å². The molecule has 3 amide bonds. The number of hydrogen-bond donors (Lipinski definition) is 2. The van der Waals surface area contributed by atoms with Crippen molar-refractivity contribution in [2.45, 2.75) is 33.7 Å². The summed E-state index contributed by atoms with van der Waals surface area (Å²) in [5.41, 5.74) is 0. The first-order valence-corrected chi connectivity index (χ1v) is 5.39. The molecule has 0 aliphatic carbocycles. The lowest BCUT2D eigenvalue weighted by molar-refractivity contribution is -0.122. The van der Waals surface area contributed by atoms with E-state index in [9.17, 15) is 9.59 Å². The number of hydrogen-bond acceptors (Lipinski definition) is 2. The van der Waals surface area contributed by atoms with E-state index in [0.29, 0.717) is 19.6 Å². The second-order valence-electron chi connectivity index (χ2n) is 3.24. The van der Waals surface area contributed by atoms with Gasteiger partial charge in [0.25, 0.3) is 0 Å². The zero-order valence-corrected chi connectivity index (χ0v) is 9.96. The van der Waals surface area contributed by atoms with Gasteiger partial charge >= 0.3 is 6.03 Å². The summed E-state index contributed by atoms with van der Waals surface area (Å²) in [6.07, 6.45) is 0. The summed E-state index contributed by atoms with van der Waals surface area (Å²) < 4.78 is 0. The maximum atomic E-state index is 11.6. The van der Waals surface area contributed by atoms with Crippen molar-refractivity contribution in [3.63, 3.8) is 0 Å². The quantitative estimate of drug-likeness (QED) is 0.704. The molecule has 2 N–H and O–H groups in total. The molecule has 0 fully saturated rings. The van der Waals surface area contributed by atoms with Crippen LogP contribution in [0.3, 0.4) is 0 Å². The van der Waals surface area contributed by atoms with E-state index in [-0.39, 0.29) is 11.9 Å². The fourth-order valence-corrected chi connectivity index (χ4v) is 1.18. The smallest absolute Gasteiger partial charge is 0.318 e.